The van der Waals surface area contributed by atoms with Crippen LogP contribution in [0.15, 0.2) is 30.3 Å². The highest BCUT2D eigenvalue weighted by atomic mass is 16.4. The average Bonchev–Trinajstić information content (AvgIpc) is 2.59. The first-order chi connectivity index (χ1) is 11.5. The lowest BCUT2D eigenvalue weighted by atomic mass is 9.98. The number of aliphatic carboxylic acids is 1. The fourth-order valence-electron chi connectivity index (χ4n) is 2.95. The second-order valence-electron chi connectivity index (χ2n) is 6.19. The third-order valence-electron chi connectivity index (χ3n) is 4.38. The molecule has 24 heavy (non-hydrogen) atoms. The molecule has 0 unspecified atom stereocenters. The number of amides is 2. The molecule has 2 amide bonds. The molecule has 1 N–H and O–H groups in total. The first-order valence-electron chi connectivity index (χ1n) is 8.27. The number of likely N-dealkylation sites (tertiary alicyclic amines) is 1. The van der Waals surface area contributed by atoms with Gasteiger partial charge in [-0.1, -0.05) is 30.3 Å². The van der Waals surface area contributed by atoms with Crippen LogP contribution in [0.25, 0.3) is 0 Å². The van der Waals surface area contributed by atoms with Crippen molar-refractivity contribution >= 4 is 17.8 Å². The Morgan fingerprint density at radius 1 is 1.25 bits per heavy atom. The summed E-state index contributed by atoms with van der Waals surface area (Å²) in [6, 6.07) is 9.64. The number of piperidine rings is 1. The van der Waals surface area contributed by atoms with E-state index in [9.17, 15) is 14.4 Å². The Bertz CT molecular complexity index is 588. The number of nitrogens with zero attached hydrogens (tertiary/aromatic N) is 2. The molecule has 6 nitrogen and oxygen atoms in total. The fraction of sp³-hybridized carbons (Fsp3) is 0.500. The van der Waals surface area contributed by atoms with Gasteiger partial charge in [0.05, 0.1) is 5.92 Å². The molecule has 6 heteroatoms. The molecule has 0 aromatic heterocycles. The van der Waals surface area contributed by atoms with Crippen molar-refractivity contribution in [3.63, 3.8) is 0 Å². The van der Waals surface area contributed by atoms with E-state index in [4.69, 9.17) is 5.11 Å². The van der Waals surface area contributed by atoms with Crippen molar-refractivity contribution in [1.82, 2.24) is 9.80 Å². The van der Waals surface area contributed by atoms with Gasteiger partial charge >= 0.3 is 5.97 Å². The monoisotopic (exact) mass is 332 g/mol. The highest BCUT2D eigenvalue weighted by molar-refractivity contribution is 5.79. The number of carboxylic acids is 1. The number of hydrogen-bond donors (Lipinski definition) is 1. The molecule has 0 radical (unpaired) electrons. The Balaban J connectivity index is 1.88. The maximum absolute atomic E-state index is 12.3. The fourth-order valence-corrected chi connectivity index (χ4v) is 2.95. The van der Waals surface area contributed by atoms with E-state index in [2.05, 4.69) is 0 Å². The molecule has 1 aromatic rings. The quantitative estimate of drug-likeness (QED) is 0.861. The summed E-state index contributed by atoms with van der Waals surface area (Å²) in [7, 11) is 0. The van der Waals surface area contributed by atoms with Gasteiger partial charge in [0.25, 0.3) is 0 Å². The van der Waals surface area contributed by atoms with Crippen LogP contribution in [-0.2, 0) is 20.9 Å². The first-order valence-corrected chi connectivity index (χ1v) is 8.27. The zero-order chi connectivity index (χ0) is 17.5. The molecule has 1 aliphatic heterocycles. The molecule has 1 aromatic carbocycles. The van der Waals surface area contributed by atoms with Crippen molar-refractivity contribution in [3.05, 3.63) is 35.9 Å². The van der Waals surface area contributed by atoms with E-state index in [0.29, 0.717) is 32.5 Å². The van der Waals surface area contributed by atoms with Crippen molar-refractivity contribution in [1.29, 1.82) is 0 Å². The summed E-state index contributed by atoms with van der Waals surface area (Å²) < 4.78 is 0. The van der Waals surface area contributed by atoms with Crippen molar-refractivity contribution in [2.75, 3.05) is 19.6 Å². The molecule has 2 rings (SSSR count). The van der Waals surface area contributed by atoms with Gasteiger partial charge in [0.2, 0.25) is 11.8 Å². The lowest BCUT2D eigenvalue weighted by Gasteiger charge is -2.31. The Morgan fingerprint density at radius 3 is 2.58 bits per heavy atom. The van der Waals surface area contributed by atoms with Gasteiger partial charge in [0.1, 0.15) is 0 Å². The normalized spacial score (nSPS) is 17.4. The predicted octanol–water partition coefficient (Wildman–Crippen LogP) is 1.75. The molecule has 0 spiro atoms. The minimum absolute atomic E-state index is 0.0753. The number of carboxylic acid groups (broad SMARTS) is 1. The molecule has 0 saturated carbocycles. The number of hydrogen-bond acceptors (Lipinski definition) is 3. The standard InChI is InChI=1S/C18H24N2O4/c1-14(21)19(12-15-6-3-2-4-7-15)11-9-17(22)20-10-5-8-16(13-20)18(23)24/h2-4,6-7,16H,5,8-13H2,1H3,(H,23,24)/t16-/m1/s1. The summed E-state index contributed by atoms with van der Waals surface area (Å²) in [6.45, 7) is 3.18. The molecule has 1 saturated heterocycles. The van der Waals surface area contributed by atoms with Crippen LogP contribution >= 0.6 is 0 Å². The SMILES string of the molecule is CC(=O)N(CCC(=O)N1CCC[C@@H](C(=O)O)C1)Cc1ccccc1. The van der Waals surface area contributed by atoms with Crippen LogP contribution < -0.4 is 0 Å². The Hall–Kier alpha value is -2.37. The highest BCUT2D eigenvalue weighted by Gasteiger charge is 2.28. The van der Waals surface area contributed by atoms with Gasteiger partial charge in [-0.05, 0) is 18.4 Å². The average molecular weight is 332 g/mol. The summed E-state index contributed by atoms with van der Waals surface area (Å²) in [5.74, 6) is -1.48. The van der Waals surface area contributed by atoms with Crippen molar-refractivity contribution in [2.24, 2.45) is 5.92 Å². The number of benzene rings is 1. The molecular formula is C18H24N2O4. The Kier molecular flexibility index (Phi) is 6.35. The second kappa shape index (κ2) is 8.47. The van der Waals surface area contributed by atoms with Gasteiger partial charge in [-0.2, -0.15) is 0 Å². The molecule has 0 aliphatic carbocycles. The molecule has 130 valence electrons. The van der Waals surface area contributed by atoms with Crippen molar-refractivity contribution in [3.8, 4) is 0 Å². The number of carbonyl (C=O) groups excluding carboxylic acids is 2. The summed E-state index contributed by atoms with van der Waals surface area (Å²) in [6.07, 6.45) is 1.55. The van der Waals surface area contributed by atoms with Crippen molar-refractivity contribution < 1.29 is 19.5 Å². The summed E-state index contributed by atoms with van der Waals surface area (Å²) in [4.78, 5) is 38.5. The lowest BCUT2D eigenvalue weighted by Crippen LogP contribution is -2.43. The molecular weight excluding hydrogens is 308 g/mol. The minimum Gasteiger partial charge on any atom is -0.481 e. The lowest BCUT2D eigenvalue weighted by molar-refractivity contribution is -0.145. The third-order valence-corrected chi connectivity index (χ3v) is 4.38. The largest absolute Gasteiger partial charge is 0.481 e. The second-order valence-corrected chi connectivity index (χ2v) is 6.19. The predicted molar refractivity (Wildman–Crippen MR) is 89.1 cm³/mol. The first kappa shape index (κ1) is 18.0. The summed E-state index contributed by atoms with van der Waals surface area (Å²) >= 11 is 0. The van der Waals surface area contributed by atoms with Crippen LogP contribution in [0.2, 0.25) is 0 Å². The molecule has 1 fully saturated rings. The topological polar surface area (TPSA) is 77.9 Å². The Labute approximate surface area is 142 Å². The number of rotatable bonds is 6. The molecule has 0 bridgehead atoms. The van der Waals surface area contributed by atoms with Gasteiger partial charge in [-0.3, -0.25) is 14.4 Å². The van der Waals surface area contributed by atoms with Gasteiger partial charge in [-0.25, -0.2) is 0 Å². The minimum atomic E-state index is -0.845. The zero-order valence-corrected chi connectivity index (χ0v) is 14.0. The maximum Gasteiger partial charge on any atom is 0.308 e. The van der Waals surface area contributed by atoms with Crippen LogP contribution in [-0.4, -0.2) is 52.3 Å². The van der Waals surface area contributed by atoms with Crippen molar-refractivity contribution in [2.45, 2.75) is 32.7 Å². The number of carbonyl (C=O) groups is 3. The molecule has 1 atom stereocenters. The van der Waals surface area contributed by atoms with Gasteiger partial charge in [0, 0.05) is 39.5 Å². The van der Waals surface area contributed by atoms with E-state index in [1.807, 2.05) is 30.3 Å². The highest BCUT2D eigenvalue weighted by Crippen LogP contribution is 2.17. The van der Waals surface area contributed by atoms with Crippen LogP contribution in [0.1, 0.15) is 31.7 Å². The van der Waals surface area contributed by atoms with Crippen LogP contribution in [0, 0.1) is 5.92 Å². The summed E-state index contributed by atoms with van der Waals surface area (Å²) in [5, 5.41) is 9.10. The van der Waals surface area contributed by atoms with Crippen LogP contribution in [0.5, 0.6) is 0 Å². The van der Waals surface area contributed by atoms with E-state index in [0.717, 1.165) is 5.56 Å². The van der Waals surface area contributed by atoms with E-state index in [1.165, 1.54) is 6.92 Å². The smallest absolute Gasteiger partial charge is 0.308 e. The van der Waals surface area contributed by atoms with Gasteiger partial charge < -0.3 is 14.9 Å². The van der Waals surface area contributed by atoms with E-state index in [1.54, 1.807) is 9.80 Å². The third kappa shape index (κ3) is 5.08. The molecule has 1 heterocycles. The molecule has 1 aliphatic rings. The van der Waals surface area contributed by atoms with Crippen LogP contribution in [0.3, 0.4) is 0 Å². The van der Waals surface area contributed by atoms with Crippen LogP contribution in [0.4, 0.5) is 0 Å². The summed E-state index contributed by atoms with van der Waals surface area (Å²) in [5.41, 5.74) is 1.02. The van der Waals surface area contributed by atoms with E-state index >= 15 is 0 Å². The Morgan fingerprint density at radius 2 is 1.96 bits per heavy atom. The maximum atomic E-state index is 12.3. The van der Waals surface area contributed by atoms with Gasteiger partial charge in [-0.15, -0.1) is 0 Å². The van der Waals surface area contributed by atoms with Gasteiger partial charge in [0.15, 0.2) is 0 Å². The van der Waals surface area contributed by atoms with E-state index in [-0.39, 0.29) is 24.8 Å². The van der Waals surface area contributed by atoms with E-state index < -0.39 is 11.9 Å². The zero-order valence-electron chi connectivity index (χ0n) is 14.0.